The van der Waals surface area contributed by atoms with E-state index in [9.17, 15) is 22.8 Å². The van der Waals surface area contributed by atoms with E-state index in [0.717, 1.165) is 12.1 Å². The number of likely N-dealkylation sites (tertiary alicyclic amines) is 1. The monoisotopic (exact) mass is 350 g/mol. The first kappa shape index (κ1) is 17.4. The lowest BCUT2D eigenvalue weighted by Crippen LogP contribution is -2.44. The second kappa shape index (κ2) is 6.66. The highest BCUT2D eigenvalue weighted by atomic mass is 35.5. The van der Waals surface area contributed by atoms with Gasteiger partial charge in [0.15, 0.2) is 0 Å². The molecule has 0 spiro atoms. The van der Waals surface area contributed by atoms with Gasteiger partial charge in [0.1, 0.15) is 0 Å². The highest BCUT2D eigenvalue weighted by Gasteiger charge is 2.34. The number of urea groups is 1. The fraction of sp³-hybridized carbons (Fsp3) is 0.429. The molecule has 23 heavy (non-hydrogen) atoms. The van der Waals surface area contributed by atoms with E-state index in [4.69, 9.17) is 16.7 Å². The zero-order valence-corrected chi connectivity index (χ0v) is 12.6. The summed E-state index contributed by atoms with van der Waals surface area (Å²) in [5.74, 6) is -1.65. The number of carboxylic acid groups (broad SMARTS) is 1. The topological polar surface area (TPSA) is 69.6 Å². The Morgan fingerprint density at radius 1 is 1.35 bits per heavy atom. The number of anilines is 1. The molecule has 126 valence electrons. The van der Waals surface area contributed by atoms with Crippen LogP contribution in [0, 0.1) is 5.92 Å². The third-order valence-corrected chi connectivity index (χ3v) is 3.91. The Morgan fingerprint density at radius 3 is 2.65 bits per heavy atom. The third-order valence-electron chi connectivity index (χ3n) is 3.58. The molecule has 2 N–H and O–H groups in total. The number of alkyl halides is 3. The van der Waals surface area contributed by atoms with Crippen LogP contribution in [0.25, 0.3) is 0 Å². The van der Waals surface area contributed by atoms with Gasteiger partial charge in [0.25, 0.3) is 0 Å². The van der Waals surface area contributed by atoms with Crippen LogP contribution < -0.4 is 5.32 Å². The van der Waals surface area contributed by atoms with Crippen molar-refractivity contribution in [2.75, 3.05) is 18.4 Å². The van der Waals surface area contributed by atoms with Gasteiger partial charge in [-0.25, -0.2) is 4.79 Å². The molecule has 1 aliphatic heterocycles. The fourth-order valence-electron chi connectivity index (χ4n) is 2.39. The average molecular weight is 351 g/mol. The molecule has 1 aliphatic rings. The Bertz CT molecular complexity index is 622. The summed E-state index contributed by atoms with van der Waals surface area (Å²) in [6, 6.07) is 2.43. The molecule has 0 radical (unpaired) electrons. The number of benzene rings is 1. The van der Waals surface area contributed by atoms with Gasteiger partial charge >= 0.3 is 18.2 Å². The molecule has 2 rings (SSSR count). The molecule has 5 nitrogen and oxygen atoms in total. The van der Waals surface area contributed by atoms with Crippen molar-refractivity contribution in [3.05, 3.63) is 28.8 Å². The number of rotatable bonds is 2. The van der Waals surface area contributed by atoms with E-state index in [-0.39, 0.29) is 12.2 Å². The van der Waals surface area contributed by atoms with E-state index >= 15 is 0 Å². The molecule has 2 amide bonds. The lowest BCUT2D eigenvalue weighted by Gasteiger charge is -2.30. The van der Waals surface area contributed by atoms with Crippen molar-refractivity contribution in [2.45, 2.75) is 19.0 Å². The molecule has 1 fully saturated rings. The van der Waals surface area contributed by atoms with Crippen LogP contribution in [-0.2, 0) is 11.0 Å². The Kier molecular flexibility index (Phi) is 5.03. The summed E-state index contributed by atoms with van der Waals surface area (Å²) in [6.45, 7) is 0.385. The maximum Gasteiger partial charge on any atom is 0.417 e. The lowest BCUT2D eigenvalue weighted by molar-refractivity contribution is -0.143. The number of halogens is 4. The number of aliphatic carboxylic acids is 1. The van der Waals surface area contributed by atoms with E-state index in [2.05, 4.69) is 5.32 Å². The van der Waals surface area contributed by atoms with Gasteiger partial charge in [-0.3, -0.25) is 4.79 Å². The Balaban J connectivity index is 2.10. The van der Waals surface area contributed by atoms with Crippen molar-refractivity contribution < 1.29 is 27.9 Å². The molecule has 1 saturated heterocycles. The zero-order chi connectivity index (χ0) is 17.2. The average Bonchev–Trinajstić information content (AvgIpc) is 2.48. The van der Waals surface area contributed by atoms with Crippen molar-refractivity contribution in [3.63, 3.8) is 0 Å². The molecule has 0 bridgehead atoms. The normalized spacial score (nSPS) is 18.6. The molecular weight excluding hydrogens is 337 g/mol. The van der Waals surface area contributed by atoms with Crippen molar-refractivity contribution in [3.8, 4) is 0 Å². The number of carbonyl (C=O) groups is 2. The van der Waals surface area contributed by atoms with E-state index in [1.54, 1.807) is 0 Å². The van der Waals surface area contributed by atoms with Gasteiger partial charge in [-0.1, -0.05) is 11.6 Å². The standard InChI is InChI=1S/C14H14ClF3N2O3/c15-11-4-3-9(6-10(11)14(16,17)18)19-13(23)20-5-1-2-8(7-20)12(21)22/h3-4,6,8H,1-2,5,7H2,(H,19,23)(H,21,22). The summed E-state index contributed by atoms with van der Waals surface area (Å²) in [6.07, 6.45) is -3.63. The number of nitrogens with zero attached hydrogens (tertiary/aromatic N) is 1. The van der Waals surface area contributed by atoms with Gasteiger partial charge in [-0.2, -0.15) is 13.2 Å². The Morgan fingerprint density at radius 2 is 2.04 bits per heavy atom. The Hall–Kier alpha value is -1.96. The predicted molar refractivity (Wildman–Crippen MR) is 77.4 cm³/mol. The van der Waals surface area contributed by atoms with Crippen LogP contribution in [0.1, 0.15) is 18.4 Å². The zero-order valence-electron chi connectivity index (χ0n) is 11.9. The number of carboxylic acids is 1. The van der Waals surface area contributed by atoms with Crippen LogP contribution in [0.15, 0.2) is 18.2 Å². The second-order valence-corrected chi connectivity index (χ2v) is 5.65. The molecule has 1 aromatic carbocycles. The lowest BCUT2D eigenvalue weighted by atomic mass is 9.99. The van der Waals surface area contributed by atoms with Crippen LogP contribution in [0.5, 0.6) is 0 Å². The summed E-state index contributed by atoms with van der Waals surface area (Å²) in [5, 5.41) is 10.9. The third kappa shape index (κ3) is 4.28. The van der Waals surface area contributed by atoms with Crippen LogP contribution in [0.3, 0.4) is 0 Å². The van der Waals surface area contributed by atoms with Gasteiger partial charge in [-0.15, -0.1) is 0 Å². The van der Waals surface area contributed by atoms with Crippen molar-refractivity contribution >= 4 is 29.3 Å². The van der Waals surface area contributed by atoms with E-state index in [1.807, 2.05) is 0 Å². The van der Waals surface area contributed by atoms with Crippen molar-refractivity contribution in [1.29, 1.82) is 0 Å². The molecule has 1 heterocycles. The van der Waals surface area contributed by atoms with Crippen molar-refractivity contribution in [2.24, 2.45) is 5.92 Å². The smallest absolute Gasteiger partial charge is 0.417 e. The minimum Gasteiger partial charge on any atom is -0.481 e. The highest BCUT2D eigenvalue weighted by molar-refractivity contribution is 6.31. The van der Waals surface area contributed by atoms with Crippen LogP contribution in [-0.4, -0.2) is 35.1 Å². The summed E-state index contributed by atoms with van der Waals surface area (Å²) in [4.78, 5) is 24.3. The minimum atomic E-state index is -4.63. The van der Waals surface area contributed by atoms with Gasteiger partial charge in [0.05, 0.1) is 16.5 Å². The molecule has 1 aromatic rings. The van der Waals surface area contributed by atoms with Crippen LogP contribution in [0.2, 0.25) is 5.02 Å². The number of amides is 2. The highest BCUT2D eigenvalue weighted by Crippen LogP contribution is 2.36. The molecule has 9 heteroatoms. The maximum atomic E-state index is 12.8. The summed E-state index contributed by atoms with van der Waals surface area (Å²) >= 11 is 5.51. The number of nitrogens with one attached hydrogen (secondary N) is 1. The first-order valence-electron chi connectivity index (χ1n) is 6.84. The summed E-state index contributed by atoms with van der Waals surface area (Å²) < 4.78 is 38.4. The number of hydrogen-bond donors (Lipinski definition) is 2. The van der Waals surface area contributed by atoms with Gasteiger partial charge in [-0.05, 0) is 31.0 Å². The molecule has 0 saturated carbocycles. The van der Waals surface area contributed by atoms with E-state index in [1.165, 1.54) is 11.0 Å². The molecule has 1 unspecified atom stereocenters. The number of piperidine rings is 1. The summed E-state index contributed by atoms with van der Waals surface area (Å²) in [7, 11) is 0. The number of hydrogen-bond acceptors (Lipinski definition) is 2. The summed E-state index contributed by atoms with van der Waals surface area (Å²) in [5.41, 5.74) is -1.09. The first-order chi connectivity index (χ1) is 10.7. The van der Waals surface area contributed by atoms with E-state index < -0.39 is 34.7 Å². The van der Waals surface area contributed by atoms with Gasteiger partial charge < -0.3 is 15.3 Å². The Labute approximate surface area is 135 Å². The van der Waals surface area contributed by atoms with Crippen LogP contribution >= 0.6 is 11.6 Å². The minimum absolute atomic E-state index is 0.0287. The first-order valence-corrected chi connectivity index (χ1v) is 7.22. The fourth-order valence-corrected chi connectivity index (χ4v) is 2.61. The largest absolute Gasteiger partial charge is 0.481 e. The second-order valence-electron chi connectivity index (χ2n) is 5.25. The predicted octanol–water partition coefficient (Wildman–Crippen LogP) is 3.69. The molecule has 0 aromatic heterocycles. The molecule has 1 atom stereocenters. The van der Waals surface area contributed by atoms with Crippen molar-refractivity contribution in [1.82, 2.24) is 4.90 Å². The molecular formula is C14H14ClF3N2O3. The number of carbonyl (C=O) groups excluding carboxylic acids is 1. The maximum absolute atomic E-state index is 12.8. The SMILES string of the molecule is O=C(O)C1CCCN(C(=O)Nc2ccc(Cl)c(C(F)(F)F)c2)C1. The van der Waals surface area contributed by atoms with Gasteiger partial charge in [0.2, 0.25) is 0 Å². The quantitative estimate of drug-likeness (QED) is 0.854. The van der Waals surface area contributed by atoms with Gasteiger partial charge in [0, 0.05) is 18.8 Å². The van der Waals surface area contributed by atoms with E-state index in [0.29, 0.717) is 19.4 Å². The van der Waals surface area contributed by atoms with Crippen LogP contribution in [0.4, 0.5) is 23.7 Å². The molecule has 0 aliphatic carbocycles.